The SMILES string of the molecule is CN=C(NCc1ncc(C)s1)NCC(C(C)C)N1CCN(C)CC1.I. The van der Waals surface area contributed by atoms with E-state index >= 15 is 0 Å². The van der Waals surface area contributed by atoms with Crippen molar-refractivity contribution in [1.82, 2.24) is 25.4 Å². The second-order valence-electron chi connectivity index (χ2n) is 6.82. The Hall–Kier alpha value is -0.450. The third-order valence-electron chi connectivity index (χ3n) is 4.55. The van der Waals surface area contributed by atoms with Crippen LogP contribution in [0.3, 0.4) is 0 Å². The molecule has 1 aromatic heterocycles. The van der Waals surface area contributed by atoms with Crippen molar-refractivity contribution in [2.75, 3.05) is 46.8 Å². The molecule has 1 aliphatic rings. The zero-order chi connectivity index (χ0) is 17.5. The number of likely N-dealkylation sites (N-methyl/N-ethyl adjacent to an activating group) is 1. The largest absolute Gasteiger partial charge is 0.355 e. The van der Waals surface area contributed by atoms with Crippen LogP contribution in [0.2, 0.25) is 0 Å². The molecule has 2 rings (SSSR count). The van der Waals surface area contributed by atoms with Crippen molar-refractivity contribution in [3.8, 4) is 0 Å². The van der Waals surface area contributed by atoms with Crippen molar-refractivity contribution in [2.24, 2.45) is 10.9 Å². The number of halogens is 1. The number of rotatable bonds is 6. The summed E-state index contributed by atoms with van der Waals surface area (Å²) in [6, 6.07) is 0.527. The van der Waals surface area contributed by atoms with Gasteiger partial charge in [0.1, 0.15) is 5.01 Å². The third kappa shape index (κ3) is 7.36. The molecule has 6 nitrogen and oxygen atoms in total. The molecule has 1 fully saturated rings. The van der Waals surface area contributed by atoms with Crippen LogP contribution in [-0.2, 0) is 6.54 Å². The molecule has 0 radical (unpaired) electrons. The van der Waals surface area contributed by atoms with Crippen LogP contribution >= 0.6 is 35.3 Å². The molecule has 0 aliphatic carbocycles. The molecule has 1 aliphatic heterocycles. The predicted octanol–water partition coefficient (Wildman–Crippen LogP) is 2.01. The summed E-state index contributed by atoms with van der Waals surface area (Å²) in [5, 5.41) is 7.95. The van der Waals surface area contributed by atoms with Crippen LogP contribution < -0.4 is 10.6 Å². The van der Waals surface area contributed by atoms with Crippen LogP contribution in [0, 0.1) is 12.8 Å². The smallest absolute Gasteiger partial charge is 0.191 e. The number of nitrogens with one attached hydrogen (secondary N) is 2. The quantitative estimate of drug-likeness (QED) is 0.371. The minimum Gasteiger partial charge on any atom is -0.355 e. The highest BCUT2D eigenvalue weighted by Crippen LogP contribution is 2.13. The van der Waals surface area contributed by atoms with E-state index in [1.54, 1.807) is 11.3 Å². The topological polar surface area (TPSA) is 55.8 Å². The minimum atomic E-state index is 0. The lowest BCUT2D eigenvalue weighted by Crippen LogP contribution is -2.55. The first-order valence-electron chi connectivity index (χ1n) is 8.78. The summed E-state index contributed by atoms with van der Waals surface area (Å²) >= 11 is 1.72. The average Bonchev–Trinajstić information content (AvgIpc) is 2.97. The van der Waals surface area contributed by atoms with E-state index in [9.17, 15) is 0 Å². The fourth-order valence-electron chi connectivity index (χ4n) is 3.00. The maximum atomic E-state index is 4.39. The van der Waals surface area contributed by atoms with Crippen molar-refractivity contribution in [3.63, 3.8) is 0 Å². The molecule has 1 unspecified atom stereocenters. The van der Waals surface area contributed by atoms with E-state index in [0.717, 1.165) is 50.2 Å². The molecule has 0 spiro atoms. The number of piperazine rings is 1. The van der Waals surface area contributed by atoms with E-state index in [0.29, 0.717) is 12.0 Å². The molecular weight excluding hydrogens is 447 g/mol. The van der Waals surface area contributed by atoms with E-state index in [4.69, 9.17) is 0 Å². The Balaban J connectivity index is 0.00000312. The summed E-state index contributed by atoms with van der Waals surface area (Å²) in [6.07, 6.45) is 1.92. The van der Waals surface area contributed by atoms with Gasteiger partial charge in [-0.05, 0) is 19.9 Å². The van der Waals surface area contributed by atoms with Gasteiger partial charge in [-0.3, -0.25) is 9.89 Å². The molecule has 25 heavy (non-hydrogen) atoms. The van der Waals surface area contributed by atoms with Gasteiger partial charge in [0.15, 0.2) is 5.96 Å². The molecule has 1 atom stereocenters. The predicted molar refractivity (Wildman–Crippen MR) is 118 cm³/mol. The number of aryl methyl sites for hydroxylation is 1. The van der Waals surface area contributed by atoms with E-state index in [-0.39, 0.29) is 24.0 Å². The van der Waals surface area contributed by atoms with Gasteiger partial charge < -0.3 is 15.5 Å². The van der Waals surface area contributed by atoms with Gasteiger partial charge in [0, 0.05) is 56.9 Å². The highest BCUT2D eigenvalue weighted by molar-refractivity contribution is 14.0. The monoisotopic (exact) mass is 480 g/mol. The second kappa shape index (κ2) is 11.3. The van der Waals surface area contributed by atoms with E-state index in [1.165, 1.54) is 4.88 Å². The van der Waals surface area contributed by atoms with Crippen molar-refractivity contribution < 1.29 is 0 Å². The summed E-state index contributed by atoms with van der Waals surface area (Å²) in [7, 11) is 4.02. The molecule has 2 heterocycles. The Bertz CT molecular complexity index is 525. The Labute approximate surface area is 173 Å². The van der Waals surface area contributed by atoms with Gasteiger partial charge in [0.25, 0.3) is 0 Å². The van der Waals surface area contributed by atoms with Crippen LogP contribution in [0.4, 0.5) is 0 Å². The minimum absolute atomic E-state index is 0. The zero-order valence-corrected chi connectivity index (χ0v) is 19.2. The standard InChI is InChI=1S/C17H32N6S.HI/c1-13(2)15(23-8-6-22(5)7-9-23)11-20-17(18-4)21-12-16-19-10-14(3)24-16;/h10,13,15H,6-9,11-12H2,1-5H3,(H2,18,20,21);1H. The zero-order valence-electron chi connectivity index (χ0n) is 16.1. The second-order valence-corrected chi connectivity index (χ2v) is 8.14. The van der Waals surface area contributed by atoms with Crippen LogP contribution in [-0.4, -0.2) is 73.6 Å². The number of hydrogen-bond acceptors (Lipinski definition) is 5. The van der Waals surface area contributed by atoms with Crippen molar-refractivity contribution >= 4 is 41.3 Å². The maximum absolute atomic E-state index is 4.39. The van der Waals surface area contributed by atoms with Gasteiger partial charge in [0.2, 0.25) is 0 Å². The number of aliphatic imine (C=N–C) groups is 1. The van der Waals surface area contributed by atoms with Gasteiger partial charge in [-0.1, -0.05) is 13.8 Å². The number of thiazole rings is 1. The van der Waals surface area contributed by atoms with Crippen LogP contribution in [0.25, 0.3) is 0 Å². The highest BCUT2D eigenvalue weighted by Gasteiger charge is 2.25. The Morgan fingerprint density at radius 2 is 1.96 bits per heavy atom. The first-order valence-corrected chi connectivity index (χ1v) is 9.59. The first kappa shape index (κ1) is 22.6. The number of nitrogens with zero attached hydrogens (tertiary/aromatic N) is 4. The average molecular weight is 480 g/mol. The fourth-order valence-corrected chi connectivity index (χ4v) is 3.73. The van der Waals surface area contributed by atoms with Crippen molar-refractivity contribution in [2.45, 2.75) is 33.4 Å². The molecule has 0 amide bonds. The Morgan fingerprint density at radius 3 is 2.48 bits per heavy atom. The molecule has 8 heteroatoms. The molecule has 0 saturated carbocycles. The van der Waals surface area contributed by atoms with E-state index in [1.807, 2.05) is 13.2 Å². The molecule has 144 valence electrons. The Morgan fingerprint density at radius 1 is 1.28 bits per heavy atom. The van der Waals surface area contributed by atoms with Gasteiger partial charge in [-0.15, -0.1) is 35.3 Å². The number of guanidine groups is 1. The lowest BCUT2D eigenvalue weighted by atomic mass is 10.0. The lowest BCUT2D eigenvalue weighted by molar-refractivity contribution is 0.0900. The summed E-state index contributed by atoms with van der Waals surface area (Å²) < 4.78 is 0. The molecular formula is C17H33IN6S. The van der Waals surface area contributed by atoms with Gasteiger partial charge in [0.05, 0.1) is 6.54 Å². The summed E-state index contributed by atoms with van der Waals surface area (Å²) in [6.45, 7) is 12.9. The normalized spacial score (nSPS) is 18.1. The number of hydrogen-bond donors (Lipinski definition) is 2. The summed E-state index contributed by atoms with van der Waals surface area (Å²) in [5.41, 5.74) is 0. The third-order valence-corrected chi connectivity index (χ3v) is 5.47. The maximum Gasteiger partial charge on any atom is 0.191 e. The number of aromatic nitrogens is 1. The van der Waals surface area contributed by atoms with E-state index in [2.05, 4.69) is 58.2 Å². The fraction of sp³-hybridized carbons (Fsp3) is 0.765. The summed E-state index contributed by atoms with van der Waals surface area (Å²) in [5.74, 6) is 1.46. The summed E-state index contributed by atoms with van der Waals surface area (Å²) in [4.78, 5) is 15.0. The van der Waals surface area contributed by atoms with Crippen LogP contribution in [0.15, 0.2) is 11.2 Å². The molecule has 1 aromatic rings. The molecule has 0 bridgehead atoms. The molecule has 2 N–H and O–H groups in total. The van der Waals surface area contributed by atoms with Crippen LogP contribution in [0.5, 0.6) is 0 Å². The Kier molecular flexibility index (Phi) is 10.2. The highest BCUT2D eigenvalue weighted by atomic mass is 127. The van der Waals surface area contributed by atoms with Crippen molar-refractivity contribution in [1.29, 1.82) is 0 Å². The van der Waals surface area contributed by atoms with E-state index < -0.39 is 0 Å². The molecule has 1 saturated heterocycles. The lowest BCUT2D eigenvalue weighted by Gasteiger charge is -2.40. The first-order chi connectivity index (χ1) is 11.5. The van der Waals surface area contributed by atoms with Gasteiger partial charge >= 0.3 is 0 Å². The van der Waals surface area contributed by atoms with Gasteiger partial charge in [-0.2, -0.15) is 0 Å². The van der Waals surface area contributed by atoms with Gasteiger partial charge in [-0.25, -0.2) is 4.98 Å². The van der Waals surface area contributed by atoms with Crippen LogP contribution in [0.1, 0.15) is 23.7 Å². The molecule has 0 aromatic carbocycles. The van der Waals surface area contributed by atoms with Crippen molar-refractivity contribution in [3.05, 3.63) is 16.1 Å².